The van der Waals surface area contributed by atoms with Gasteiger partial charge in [0.25, 0.3) is 5.91 Å². The number of aromatic nitrogens is 1. The van der Waals surface area contributed by atoms with Gasteiger partial charge in [-0.15, -0.1) is 0 Å². The Labute approximate surface area is 210 Å². The summed E-state index contributed by atoms with van der Waals surface area (Å²) in [7, 11) is 0. The lowest BCUT2D eigenvalue weighted by Crippen LogP contribution is -2.30. The lowest BCUT2D eigenvalue weighted by atomic mass is 9.95. The van der Waals surface area contributed by atoms with Crippen molar-refractivity contribution < 1.29 is 14.7 Å². The van der Waals surface area contributed by atoms with Gasteiger partial charge in [-0.3, -0.25) is 14.6 Å². The summed E-state index contributed by atoms with van der Waals surface area (Å²) in [5.41, 5.74) is 6.19. The second kappa shape index (κ2) is 10.1. The van der Waals surface area contributed by atoms with E-state index in [1.165, 1.54) is 0 Å². The molecule has 5 rings (SSSR count). The van der Waals surface area contributed by atoms with Crippen LogP contribution in [0.2, 0.25) is 0 Å². The van der Waals surface area contributed by atoms with Gasteiger partial charge in [0.1, 0.15) is 0 Å². The molecule has 1 aromatic heterocycles. The number of aliphatic hydroxyl groups excluding tert-OH is 1. The molecule has 6 nitrogen and oxygen atoms in total. The van der Waals surface area contributed by atoms with Gasteiger partial charge in [-0.1, -0.05) is 48.5 Å². The van der Waals surface area contributed by atoms with Crippen LogP contribution in [0.25, 0.3) is 11.1 Å². The summed E-state index contributed by atoms with van der Waals surface area (Å²) in [4.78, 5) is 32.3. The van der Waals surface area contributed by atoms with Crippen LogP contribution in [-0.2, 0) is 17.6 Å². The highest BCUT2D eigenvalue weighted by molar-refractivity contribution is 6.09. The molecule has 0 bridgehead atoms. The first-order chi connectivity index (χ1) is 17.5. The minimum Gasteiger partial charge on any atom is -0.389 e. The molecule has 2 amide bonds. The lowest BCUT2D eigenvalue weighted by molar-refractivity contribution is -0.117. The van der Waals surface area contributed by atoms with Crippen molar-refractivity contribution in [2.75, 3.05) is 16.8 Å². The number of nitrogens with zero attached hydrogens (tertiary/aromatic N) is 2. The highest BCUT2D eigenvalue weighted by Gasteiger charge is 2.25. The first-order valence-electron chi connectivity index (χ1n) is 12.0. The van der Waals surface area contributed by atoms with Gasteiger partial charge in [0.05, 0.1) is 12.5 Å². The molecule has 0 saturated carbocycles. The van der Waals surface area contributed by atoms with Crippen molar-refractivity contribution in [3.05, 3.63) is 114 Å². The van der Waals surface area contributed by atoms with Crippen LogP contribution >= 0.6 is 0 Å². The molecule has 6 heteroatoms. The van der Waals surface area contributed by atoms with E-state index in [0.29, 0.717) is 23.4 Å². The Morgan fingerprint density at radius 1 is 1.00 bits per heavy atom. The Hall–Kier alpha value is -4.29. The monoisotopic (exact) mass is 477 g/mol. The maximum atomic E-state index is 13.4. The van der Waals surface area contributed by atoms with Crippen molar-refractivity contribution in [1.29, 1.82) is 0 Å². The molecule has 0 spiro atoms. The van der Waals surface area contributed by atoms with Crippen LogP contribution in [0.1, 0.15) is 40.2 Å². The highest BCUT2D eigenvalue weighted by atomic mass is 16.3. The maximum Gasteiger partial charge on any atom is 0.256 e. The van der Waals surface area contributed by atoms with E-state index in [9.17, 15) is 14.7 Å². The van der Waals surface area contributed by atoms with Gasteiger partial charge >= 0.3 is 0 Å². The molecule has 36 heavy (non-hydrogen) atoms. The maximum absolute atomic E-state index is 13.4. The SMILES string of the molecule is CC(O)c1ccc(-c2ccccc2)c(C(=O)Nc2ccc3c(c2)CCN3C(=O)Cc2ccccn2)c1. The van der Waals surface area contributed by atoms with Crippen LogP contribution < -0.4 is 10.2 Å². The number of hydrogen-bond donors (Lipinski definition) is 2. The van der Waals surface area contributed by atoms with E-state index in [1.807, 2.05) is 78.9 Å². The van der Waals surface area contributed by atoms with Crippen molar-refractivity contribution in [3.8, 4) is 11.1 Å². The summed E-state index contributed by atoms with van der Waals surface area (Å²) in [6.07, 6.45) is 1.98. The molecule has 4 aromatic rings. The number of carbonyl (C=O) groups excluding carboxylic acids is 2. The van der Waals surface area contributed by atoms with Gasteiger partial charge in [-0.2, -0.15) is 0 Å². The van der Waals surface area contributed by atoms with E-state index in [-0.39, 0.29) is 18.2 Å². The number of fused-ring (bicyclic) bond motifs is 1. The molecule has 1 aliphatic rings. The molecule has 180 valence electrons. The summed E-state index contributed by atoms with van der Waals surface area (Å²) < 4.78 is 0. The molecule has 0 aliphatic carbocycles. The van der Waals surface area contributed by atoms with Gasteiger partial charge in [0.2, 0.25) is 5.91 Å². The summed E-state index contributed by atoms with van der Waals surface area (Å²) in [5.74, 6) is -0.246. The Balaban J connectivity index is 1.37. The van der Waals surface area contributed by atoms with Crippen molar-refractivity contribution in [2.24, 2.45) is 0 Å². The first-order valence-corrected chi connectivity index (χ1v) is 12.0. The molecule has 2 N–H and O–H groups in total. The number of nitrogens with one attached hydrogen (secondary N) is 1. The van der Waals surface area contributed by atoms with E-state index in [4.69, 9.17) is 0 Å². The number of anilines is 2. The summed E-state index contributed by atoms with van der Waals surface area (Å²) in [5, 5.41) is 13.1. The number of amides is 2. The van der Waals surface area contributed by atoms with E-state index in [1.54, 1.807) is 24.1 Å². The summed E-state index contributed by atoms with van der Waals surface area (Å²) in [6.45, 7) is 2.29. The number of benzene rings is 3. The van der Waals surface area contributed by atoms with E-state index < -0.39 is 6.10 Å². The number of aliphatic hydroxyl groups is 1. The molecule has 2 heterocycles. The zero-order chi connectivity index (χ0) is 25.1. The van der Waals surface area contributed by atoms with Crippen molar-refractivity contribution in [3.63, 3.8) is 0 Å². The summed E-state index contributed by atoms with van der Waals surface area (Å²) in [6, 6.07) is 26.4. The second-order valence-corrected chi connectivity index (χ2v) is 8.94. The van der Waals surface area contributed by atoms with Gasteiger partial charge in [-0.05, 0) is 72.0 Å². The predicted molar refractivity (Wildman–Crippen MR) is 141 cm³/mol. The van der Waals surface area contributed by atoms with Gasteiger partial charge in [0.15, 0.2) is 0 Å². The normalized spacial score (nSPS) is 13.2. The number of rotatable bonds is 6. The fraction of sp³-hybridized carbons (Fsp3) is 0.167. The predicted octanol–water partition coefficient (Wildman–Crippen LogP) is 5.19. The van der Waals surface area contributed by atoms with Gasteiger partial charge < -0.3 is 15.3 Å². The molecule has 1 unspecified atom stereocenters. The molecular weight excluding hydrogens is 450 g/mol. The standard InChI is InChI=1S/C30H27N3O3/c1-20(34)22-10-12-26(21-7-3-2-4-8-21)27(18-22)30(36)32-25-11-13-28-23(17-25)14-16-33(28)29(35)19-24-9-5-6-15-31-24/h2-13,15,17-18,20,34H,14,16,19H2,1H3,(H,32,36). The smallest absolute Gasteiger partial charge is 0.256 e. The zero-order valence-corrected chi connectivity index (χ0v) is 20.0. The third-order valence-corrected chi connectivity index (χ3v) is 6.45. The van der Waals surface area contributed by atoms with E-state index in [2.05, 4.69) is 10.3 Å². The molecule has 1 aliphatic heterocycles. The fourth-order valence-corrected chi connectivity index (χ4v) is 4.57. The van der Waals surface area contributed by atoms with Crippen LogP contribution in [0.4, 0.5) is 11.4 Å². The van der Waals surface area contributed by atoms with Crippen molar-refractivity contribution in [1.82, 2.24) is 4.98 Å². The number of hydrogen-bond acceptors (Lipinski definition) is 4. The van der Waals surface area contributed by atoms with Gasteiger partial charge in [0, 0.05) is 35.4 Å². The Morgan fingerprint density at radius 2 is 1.81 bits per heavy atom. The van der Waals surface area contributed by atoms with E-state index in [0.717, 1.165) is 34.5 Å². The van der Waals surface area contributed by atoms with Crippen LogP contribution in [-0.4, -0.2) is 28.4 Å². The van der Waals surface area contributed by atoms with Crippen LogP contribution in [0.3, 0.4) is 0 Å². The average Bonchev–Trinajstić information content (AvgIpc) is 3.33. The quantitative estimate of drug-likeness (QED) is 0.401. The highest BCUT2D eigenvalue weighted by Crippen LogP contribution is 2.32. The van der Waals surface area contributed by atoms with Crippen LogP contribution in [0.5, 0.6) is 0 Å². The third kappa shape index (κ3) is 4.90. The minimum absolute atomic E-state index is 0.00618. The second-order valence-electron chi connectivity index (χ2n) is 8.94. The number of carbonyl (C=O) groups is 2. The van der Waals surface area contributed by atoms with Crippen molar-refractivity contribution >= 4 is 23.2 Å². The summed E-state index contributed by atoms with van der Waals surface area (Å²) >= 11 is 0. The molecule has 1 atom stereocenters. The largest absolute Gasteiger partial charge is 0.389 e. The molecule has 0 saturated heterocycles. The molecule has 3 aromatic carbocycles. The fourth-order valence-electron chi connectivity index (χ4n) is 4.57. The Kier molecular flexibility index (Phi) is 6.60. The van der Waals surface area contributed by atoms with Crippen LogP contribution in [0.15, 0.2) is 91.1 Å². The third-order valence-electron chi connectivity index (χ3n) is 6.45. The van der Waals surface area contributed by atoms with Crippen molar-refractivity contribution in [2.45, 2.75) is 25.9 Å². The Bertz CT molecular complexity index is 1400. The molecular formula is C30H27N3O3. The number of pyridine rings is 1. The zero-order valence-electron chi connectivity index (χ0n) is 20.0. The average molecular weight is 478 g/mol. The topological polar surface area (TPSA) is 82.5 Å². The van der Waals surface area contributed by atoms with Crippen LogP contribution in [0, 0.1) is 0 Å². The molecule has 0 radical (unpaired) electrons. The minimum atomic E-state index is -0.684. The lowest BCUT2D eigenvalue weighted by Gasteiger charge is -2.18. The van der Waals surface area contributed by atoms with Gasteiger partial charge in [-0.25, -0.2) is 0 Å². The molecule has 0 fully saturated rings. The Morgan fingerprint density at radius 3 is 2.56 bits per heavy atom. The first kappa shape index (κ1) is 23.5. The van der Waals surface area contributed by atoms with E-state index >= 15 is 0 Å².